The van der Waals surface area contributed by atoms with Crippen molar-refractivity contribution in [1.29, 1.82) is 0 Å². The minimum Gasteiger partial charge on any atom is -0.385 e. The molecule has 1 fully saturated rings. The van der Waals surface area contributed by atoms with E-state index in [1.54, 1.807) is 0 Å². The van der Waals surface area contributed by atoms with Crippen LogP contribution in [0.5, 0.6) is 0 Å². The van der Waals surface area contributed by atoms with Crippen molar-refractivity contribution in [1.82, 2.24) is 4.98 Å². The van der Waals surface area contributed by atoms with Crippen molar-refractivity contribution in [2.24, 2.45) is 5.92 Å². The van der Waals surface area contributed by atoms with E-state index in [9.17, 15) is 0 Å². The topological polar surface area (TPSA) is 50.9 Å². The van der Waals surface area contributed by atoms with Crippen LogP contribution in [0, 0.1) is 5.92 Å². The van der Waals surface area contributed by atoms with Crippen LogP contribution in [0.25, 0.3) is 21.9 Å². The molecule has 25 heavy (non-hydrogen) atoms. The molecule has 3 N–H and O–H groups in total. The van der Waals surface area contributed by atoms with Crippen LogP contribution in [0.2, 0.25) is 0 Å². The fourth-order valence-electron chi connectivity index (χ4n) is 3.87. The van der Waals surface area contributed by atoms with Crippen molar-refractivity contribution in [3.05, 3.63) is 54.7 Å². The largest absolute Gasteiger partial charge is 0.385 e. The Morgan fingerprint density at radius 1 is 0.960 bits per heavy atom. The van der Waals surface area contributed by atoms with Crippen LogP contribution in [-0.2, 0) is 0 Å². The molecule has 1 aliphatic carbocycles. The Kier molecular flexibility index (Phi) is 4.55. The number of benzene rings is 2. The number of hydrogen-bond acceptors (Lipinski definition) is 3. The van der Waals surface area contributed by atoms with E-state index in [0.717, 1.165) is 28.8 Å². The molecule has 0 unspecified atom stereocenters. The maximum absolute atomic E-state index is 6.11. The highest BCUT2D eigenvalue weighted by molar-refractivity contribution is 6.02. The van der Waals surface area contributed by atoms with Crippen LogP contribution in [0.15, 0.2) is 54.7 Å². The lowest BCUT2D eigenvalue weighted by atomic mass is 9.89. The van der Waals surface area contributed by atoms with Crippen molar-refractivity contribution in [2.75, 3.05) is 17.6 Å². The summed E-state index contributed by atoms with van der Waals surface area (Å²) in [7, 11) is 0. The van der Waals surface area contributed by atoms with Gasteiger partial charge in [0.15, 0.2) is 0 Å². The highest BCUT2D eigenvalue weighted by Gasteiger charge is 2.13. The average Bonchev–Trinajstić information content (AvgIpc) is 2.68. The summed E-state index contributed by atoms with van der Waals surface area (Å²) < 4.78 is 0. The van der Waals surface area contributed by atoms with Gasteiger partial charge >= 0.3 is 0 Å². The number of hydrogen-bond donors (Lipinski definition) is 2. The standard InChI is InChI=1S/C22H25N3/c23-22-19-12-11-18(24-14-16-7-3-1-4-8-16)13-20(19)21(15-25-22)17-9-5-2-6-10-17/h2,5-6,9-13,15-16,24H,1,3-4,7-8,14H2,(H2,23,25). The molecule has 0 bridgehead atoms. The SMILES string of the molecule is Nc1ncc(-c2ccccc2)c2cc(NCC3CCCCC3)ccc12. The fraction of sp³-hybridized carbons (Fsp3) is 0.318. The van der Waals surface area contributed by atoms with Gasteiger partial charge in [0.1, 0.15) is 5.82 Å². The molecule has 3 heteroatoms. The number of nitrogens with zero attached hydrogens (tertiary/aromatic N) is 1. The lowest BCUT2D eigenvalue weighted by Gasteiger charge is -2.22. The minimum absolute atomic E-state index is 0.591. The normalized spacial score (nSPS) is 15.4. The fourth-order valence-corrected chi connectivity index (χ4v) is 3.87. The Morgan fingerprint density at radius 3 is 2.56 bits per heavy atom. The third kappa shape index (κ3) is 3.46. The van der Waals surface area contributed by atoms with Gasteiger partial charge in [0, 0.05) is 29.4 Å². The van der Waals surface area contributed by atoms with E-state index in [-0.39, 0.29) is 0 Å². The Labute approximate surface area is 149 Å². The van der Waals surface area contributed by atoms with Crippen molar-refractivity contribution in [3.8, 4) is 11.1 Å². The number of rotatable bonds is 4. The van der Waals surface area contributed by atoms with Gasteiger partial charge in [-0.15, -0.1) is 0 Å². The van der Waals surface area contributed by atoms with Gasteiger partial charge in [-0.25, -0.2) is 4.98 Å². The molecular weight excluding hydrogens is 306 g/mol. The second-order valence-electron chi connectivity index (χ2n) is 7.07. The zero-order valence-electron chi connectivity index (χ0n) is 14.5. The van der Waals surface area contributed by atoms with Crippen LogP contribution in [0.3, 0.4) is 0 Å². The minimum atomic E-state index is 0.591. The first-order valence-electron chi connectivity index (χ1n) is 9.29. The Morgan fingerprint density at radius 2 is 1.76 bits per heavy atom. The van der Waals surface area contributed by atoms with E-state index < -0.39 is 0 Å². The first kappa shape index (κ1) is 15.9. The van der Waals surface area contributed by atoms with Crippen LogP contribution in [-0.4, -0.2) is 11.5 Å². The highest BCUT2D eigenvalue weighted by atomic mass is 14.9. The molecule has 1 saturated carbocycles. The summed E-state index contributed by atoms with van der Waals surface area (Å²) in [6, 6.07) is 16.8. The van der Waals surface area contributed by atoms with Gasteiger partial charge in [-0.05, 0) is 47.9 Å². The second-order valence-corrected chi connectivity index (χ2v) is 7.07. The number of pyridine rings is 1. The lowest BCUT2D eigenvalue weighted by molar-refractivity contribution is 0.373. The summed E-state index contributed by atoms with van der Waals surface area (Å²) in [6.45, 7) is 1.06. The molecule has 0 atom stereocenters. The van der Waals surface area contributed by atoms with Crippen LogP contribution in [0.1, 0.15) is 32.1 Å². The first-order chi connectivity index (χ1) is 12.3. The molecule has 3 aromatic rings. The second kappa shape index (κ2) is 7.14. The molecule has 2 aromatic carbocycles. The number of aromatic nitrogens is 1. The molecule has 128 valence electrons. The Balaban J connectivity index is 1.66. The van der Waals surface area contributed by atoms with Crippen molar-refractivity contribution in [2.45, 2.75) is 32.1 Å². The molecule has 0 saturated heterocycles. The van der Waals surface area contributed by atoms with Gasteiger partial charge in [0.2, 0.25) is 0 Å². The van der Waals surface area contributed by atoms with Crippen molar-refractivity contribution in [3.63, 3.8) is 0 Å². The van der Waals surface area contributed by atoms with Gasteiger partial charge in [-0.2, -0.15) is 0 Å². The molecule has 1 aromatic heterocycles. The van der Waals surface area contributed by atoms with Crippen LogP contribution < -0.4 is 11.1 Å². The lowest BCUT2D eigenvalue weighted by Crippen LogP contribution is -2.17. The van der Waals surface area contributed by atoms with E-state index in [2.05, 4.69) is 52.8 Å². The first-order valence-corrected chi connectivity index (χ1v) is 9.29. The number of fused-ring (bicyclic) bond motifs is 1. The molecule has 1 aliphatic rings. The van der Waals surface area contributed by atoms with E-state index in [1.165, 1.54) is 43.4 Å². The average molecular weight is 331 g/mol. The van der Waals surface area contributed by atoms with E-state index in [1.807, 2.05) is 12.3 Å². The molecular formula is C22H25N3. The van der Waals surface area contributed by atoms with Gasteiger partial charge in [-0.1, -0.05) is 49.6 Å². The molecule has 3 nitrogen and oxygen atoms in total. The molecule has 0 radical (unpaired) electrons. The number of nitrogen functional groups attached to an aromatic ring is 1. The molecule has 0 spiro atoms. The van der Waals surface area contributed by atoms with Crippen LogP contribution >= 0.6 is 0 Å². The quantitative estimate of drug-likeness (QED) is 0.666. The monoisotopic (exact) mass is 331 g/mol. The maximum Gasteiger partial charge on any atom is 0.131 e. The maximum atomic E-state index is 6.11. The third-order valence-electron chi connectivity index (χ3n) is 5.32. The van der Waals surface area contributed by atoms with E-state index >= 15 is 0 Å². The van der Waals surface area contributed by atoms with Gasteiger partial charge < -0.3 is 11.1 Å². The summed E-state index contributed by atoms with van der Waals surface area (Å²) in [4.78, 5) is 4.39. The summed E-state index contributed by atoms with van der Waals surface area (Å²) >= 11 is 0. The zero-order valence-corrected chi connectivity index (χ0v) is 14.5. The Bertz CT molecular complexity index is 852. The predicted octanol–water partition coefficient (Wildman–Crippen LogP) is 5.48. The van der Waals surface area contributed by atoms with Crippen molar-refractivity contribution < 1.29 is 0 Å². The summed E-state index contributed by atoms with van der Waals surface area (Å²) in [5.41, 5.74) is 9.58. The van der Waals surface area contributed by atoms with Gasteiger partial charge in [-0.3, -0.25) is 0 Å². The molecule has 4 rings (SSSR count). The number of nitrogens with one attached hydrogen (secondary N) is 1. The molecule has 1 heterocycles. The predicted molar refractivity (Wildman–Crippen MR) is 107 cm³/mol. The van der Waals surface area contributed by atoms with Gasteiger partial charge in [0.25, 0.3) is 0 Å². The zero-order chi connectivity index (χ0) is 17.1. The van der Waals surface area contributed by atoms with E-state index in [4.69, 9.17) is 5.73 Å². The van der Waals surface area contributed by atoms with Gasteiger partial charge in [0.05, 0.1) is 0 Å². The smallest absolute Gasteiger partial charge is 0.131 e. The number of nitrogens with two attached hydrogens (primary N) is 1. The highest BCUT2D eigenvalue weighted by Crippen LogP contribution is 2.33. The van der Waals surface area contributed by atoms with Crippen LogP contribution in [0.4, 0.5) is 11.5 Å². The summed E-state index contributed by atoms with van der Waals surface area (Å²) in [5.74, 6) is 1.40. The molecule has 0 aliphatic heterocycles. The van der Waals surface area contributed by atoms with E-state index in [0.29, 0.717) is 5.82 Å². The third-order valence-corrected chi connectivity index (χ3v) is 5.32. The number of anilines is 2. The summed E-state index contributed by atoms with van der Waals surface area (Å²) in [5, 5.41) is 5.82. The Hall–Kier alpha value is -2.55. The van der Waals surface area contributed by atoms with Crippen molar-refractivity contribution >= 4 is 22.3 Å². The molecule has 0 amide bonds. The summed E-state index contributed by atoms with van der Waals surface area (Å²) in [6.07, 6.45) is 8.76.